The molecule has 0 bridgehead atoms. The summed E-state index contributed by atoms with van der Waals surface area (Å²) >= 11 is 6.33. The zero-order valence-electron chi connectivity index (χ0n) is 38.2. The number of carbonyl (C=O) groups is 4. The first kappa shape index (κ1) is 44.1. The van der Waals surface area contributed by atoms with Crippen molar-refractivity contribution in [2.24, 2.45) is 56.2 Å². The quantitative estimate of drug-likeness (QED) is 0.197. The molecule has 1 amide bonds. The van der Waals surface area contributed by atoms with E-state index in [0.29, 0.717) is 23.3 Å². The zero-order valence-corrected chi connectivity index (χ0v) is 38.9. The lowest BCUT2D eigenvalue weighted by Crippen LogP contribution is -2.65. The van der Waals surface area contributed by atoms with Gasteiger partial charge in [0.25, 0.3) is 0 Å². The first-order chi connectivity index (χ1) is 27.2. The van der Waals surface area contributed by atoms with Crippen LogP contribution < -0.4 is 5.32 Å². The molecule has 5 saturated carbocycles. The van der Waals surface area contributed by atoms with Crippen LogP contribution in [0.2, 0.25) is 5.02 Å². The van der Waals surface area contributed by atoms with Crippen molar-refractivity contribution in [1.29, 1.82) is 0 Å². The Morgan fingerprint density at radius 1 is 0.881 bits per heavy atom. The van der Waals surface area contributed by atoms with Gasteiger partial charge in [0.15, 0.2) is 5.78 Å². The van der Waals surface area contributed by atoms with E-state index in [-0.39, 0.29) is 75.2 Å². The Labute approximate surface area is 359 Å². The monoisotopic (exact) mass is 830 g/mol. The minimum atomic E-state index is -0.982. The topological polar surface area (TPSA) is 98.8 Å². The van der Waals surface area contributed by atoms with E-state index in [0.717, 1.165) is 75.3 Å². The third-order valence-electron chi connectivity index (χ3n) is 17.3. The Hall–Kier alpha value is -2.93. The molecule has 6 aliphatic carbocycles. The lowest BCUT2D eigenvalue weighted by atomic mass is 9.33. The fourth-order valence-electron chi connectivity index (χ4n) is 14.0. The summed E-state index contributed by atoms with van der Waals surface area (Å²) in [5, 5.41) is 3.99. The fraction of sp³-hybridized carbons (Fsp3) is 0.725. The number of allylic oxidation sites excluding steroid dienone is 3. The highest BCUT2D eigenvalue weighted by atomic mass is 35.5. The molecule has 0 spiro atoms. The molecule has 8 heteroatoms. The molecule has 1 aromatic rings. The molecular weight excluding hydrogens is 758 g/mol. The zero-order chi connectivity index (χ0) is 43.4. The van der Waals surface area contributed by atoms with Crippen molar-refractivity contribution in [2.75, 3.05) is 0 Å². The van der Waals surface area contributed by atoms with Crippen LogP contribution in [-0.4, -0.2) is 35.3 Å². The van der Waals surface area contributed by atoms with E-state index < -0.39 is 16.4 Å². The van der Waals surface area contributed by atoms with E-state index >= 15 is 0 Å². The predicted molar refractivity (Wildman–Crippen MR) is 233 cm³/mol. The molecule has 0 radical (unpaired) electrons. The fourth-order valence-corrected chi connectivity index (χ4v) is 14.2. The second-order valence-corrected chi connectivity index (χ2v) is 23.6. The highest BCUT2D eigenvalue weighted by Gasteiger charge is 2.70. The number of fused-ring (bicyclic) bond motifs is 7. The average Bonchev–Trinajstić information content (AvgIpc) is 3.82. The first-order valence-electron chi connectivity index (χ1n) is 22.7. The third-order valence-corrected chi connectivity index (χ3v) is 17.5. The van der Waals surface area contributed by atoms with E-state index in [1.165, 1.54) is 5.57 Å². The molecule has 0 heterocycles. The smallest absolute Gasteiger partial charge is 0.312 e. The van der Waals surface area contributed by atoms with Crippen LogP contribution >= 0.6 is 11.6 Å². The van der Waals surface area contributed by atoms with Crippen molar-refractivity contribution in [3.05, 3.63) is 58.1 Å². The summed E-state index contributed by atoms with van der Waals surface area (Å²) in [5.74, 6) is 0.700. The Kier molecular flexibility index (Phi) is 10.9. The van der Waals surface area contributed by atoms with Crippen LogP contribution in [0.5, 0.6) is 0 Å². The lowest BCUT2D eigenvalue weighted by Gasteiger charge is -2.72. The van der Waals surface area contributed by atoms with Crippen molar-refractivity contribution in [3.8, 4) is 0 Å². The average molecular weight is 831 g/mol. The standard InChI is InChI=1S/C51H72ClNO6/c1-31(2)41-35(54)29-50(23-20-39(55)53-51(26-27-51)32-14-13-15-33(52)28-32)25-24-48(11)34(42(41)50)16-17-37-47(10)21-19-38(46(8,9)36(47)18-22-49(37,48)12)58-40(56)30-45(6,7)43(57)59-44(3,4)5/h13-15,20,23,28,31,34,36-38H,16-19,21-22,24-27,29-30H2,1-12H3,(H,53,55)/b23-20+/t34-,36+,37-,38+,47+,48-,49-,50+/m1/s1. The molecule has 1 N–H and O–H groups in total. The van der Waals surface area contributed by atoms with E-state index in [2.05, 4.69) is 59.9 Å². The number of halogens is 1. The third kappa shape index (κ3) is 7.37. The van der Waals surface area contributed by atoms with Crippen LogP contribution in [0.1, 0.15) is 166 Å². The number of esters is 2. The van der Waals surface area contributed by atoms with E-state index in [1.54, 1.807) is 19.9 Å². The molecule has 59 heavy (non-hydrogen) atoms. The van der Waals surface area contributed by atoms with Crippen molar-refractivity contribution < 1.29 is 28.7 Å². The number of benzene rings is 1. The van der Waals surface area contributed by atoms with Crippen molar-refractivity contribution in [3.63, 3.8) is 0 Å². The second kappa shape index (κ2) is 14.6. The van der Waals surface area contributed by atoms with Crippen LogP contribution in [0.3, 0.4) is 0 Å². The van der Waals surface area contributed by atoms with Crippen molar-refractivity contribution >= 4 is 35.2 Å². The van der Waals surface area contributed by atoms with E-state index in [1.807, 2.05) is 45.0 Å². The Morgan fingerprint density at radius 2 is 1.58 bits per heavy atom. The molecule has 5 fully saturated rings. The van der Waals surface area contributed by atoms with Crippen LogP contribution in [0.25, 0.3) is 0 Å². The first-order valence-corrected chi connectivity index (χ1v) is 23.1. The van der Waals surface area contributed by atoms with Gasteiger partial charge in [-0.1, -0.05) is 78.3 Å². The van der Waals surface area contributed by atoms with Gasteiger partial charge in [0.1, 0.15) is 11.7 Å². The van der Waals surface area contributed by atoms with Gasteiger partial charge in [0.2, 0.25) is 5.91 Å². The van der Waals surface area contributed by atoms with Gasteiger partial charge in [-0.05, 0) is 174 Å². The second-order valence-electron chi connectivity index (χ2n) is 23.2. The van der Waals surface area contributed by atoms with Crippen molar-refractivity contribution in [1.82, 2.24) is 5.32 Å². The van der Waals surface area contributed by atoms with Crippen LogP contribution in [0, 0.1) is 56.2 Å². The maximum absolute atomic E-state index is 14.1. The van der Waals surface area contributed by atoms with Crippen LogP contribution in [-0.2, 0) is 34.2 Å². The maximum Gasteiger partial charge on any atom is 0.312 e. The van der Waals surface area contributed by atoms with Gasteiger partial charge >= 0.3 is 11.9 Å². The molecule has 324 valence electrons. The van der Waals surface area contributed by atoms with Gasteiger partial charge in [-0.3, -0.25) is 19.2 Å². The molecule has 7 nitrogen and oxygen atoms in total. The molecule has 7 rings (SSSR count). The molecule has 0 unspecified atom stereocenters. The summed E-state index contributed by atoms with van der Waals surface area (Å²) in [5.41, 5.74) is 0.863. The van der Waals surface area contributed by atoms with Gasteiger partial charge in [0.05, 0.1) is 17.4 Å². The number of Topliss-reactive ketones (excluding diaryl/α,β-unsaturated/α-hetero) is 1. The molecule has 1 aromatic carbocycles. The van der Waals surface area contributed by atoms with E-state index in [9.17, 15) is 19.2 Å². The normalized spacial score (nSPS) is 36.0. The van der Waals surface area contributed by atoms with Crippen molar-refractivity contribution in [2.45, 2.75) is 177 Å². The van der Waals surface area contributed by atoms with E-state index in [4.69, 9.17) is 21.1 Å². The van der Waals surface area contributed by atoms with Gasteiger partial charge in [-0.2, -0.15) is 0 Å². The summed E-state index contributed by atoms with van der Waals surface area (Å²) in [7, 11) is 0. The molecule has 8 atom stereocenters. The minimum Gasteiger partial charge on any atom is -0.462 e. The number of amides is 1. The molecule has 6 aliphatic rings. The van der Waals surface area contributed by atoms with Gasteiger partial charge in [0, 0.05) is 22.3 Å². The van der Waals surface area contributed by atoms with Gasteiger partial charge in [-0.25, -0.2) is 0 Å². The molecule has 0 saturated heterocycles. The predicted octanol–water partition coefficient (Wildman–Crippen LogP) is 11.7. The molecular formula is C51H72ClNO6. The number of nitrogens with one attached hydrogen (secondary N) is 1. The SMILES string of the molecule is CC(C)C1=C2[C@H]3CC[C@@H]4[C@@]5(C)CC[C@H](OC(=O)CC(C)(C)C(=O)OC(C)(C)C)C(C)(C)[C@@H]5CC[C@@]4(C)[C@]3(C)CC[C@@]2(/C=C/C(=O)NC2(c3cccc(Cl)c3)CC2)CC1=O. The number of rotatable bonds is 9. The number of ether oxygens (including phenoxy) is 2. The lowest BCUT2D eigenvalue weighted by molar-refractivity contribution is -0.232. The summed E-state index contributed by atoms with van der Waals surface area (Å²) < 4.78 is 12.0. The van der Waals surface area contributed by atoms with Crippen LogP contribution in [0.15, 0.2) is 47.6 Å². The molecule has 0 aromatic heterocycles. The number of ketones is 1. The molecule has 0 aliphatic heterocycles. The summed E-state index contributed by atoms with van der Waals surface area (Å²) in [4.78, 5) is 54.4. The highest BCUT2D eigenvalue weighted by Crippen LogP contribution is 2.77. The Balaban J connectivity index is 1.11. The minimum absolute atomic E-state index is 0.00502. The maximum atomic E-state index is 14.1. The number of hydrogen-bond donors (Lipinski definition) is 1. The number of carbonyl (C=O) groups excluding carboxylic acids is 4. The van der Waals surface area contributed by atoms with Gasteiger partial charge in [-0.15, -0.1) is 0 Å². The summed E-state index contributed by atoms with van der Waals surface area (Å²) in [6.07, 6.45) is 13.8. The summed E-state index contributed by atoms with van der Waals surface area (Å²) in [6, 6.07) is 7.80. The highest BCUT2D eigenvalue weighted by molar-refractivity contribution is 6.30. The van der Waals surface area contributed by atoms with Gasteiger partial charge < -0.3 is 14.8 Å². The Morgan fingerprint density at radius 3 is 2.20 bits per heavy atom. The van der Waals surface area contributed by atoms with Crippen LogP contribution in [0.4, 0.5) is 0 Å². The Bertz CT molecular complexity index is 1960. The largest absolute Gasteiger partial charge is 0.462 e. The number of hydrogen-bond acceptors (Lipinski definition) is 6. The summed E-state index contributed by atoms with van der Waals surface area (Å²) in [6.45, 7) is 25.7.